The molecule has 4 rings (SSSR count). The van der Waals surface area contributed by atoms with Gasteiger partial charge < -0.3 is 4.74 Å². The molecule has 2 nitrogen and oxygen atoms in total. The van der Waals surface area contributed by atoms with Gasteiger partial charge in [0.2, 0.25) is 0 Å². The molecular formula is C22H23BrO2. The topological polar surface area (TPSA) is 26.3 Å². The van der Waals surface area contributed by atoms with Crippen LogP contribution in [-0.2, 0) is 24.2 Å². The van der Waals surface area contributed by atoms with Gasteiger partial charge in [0, 0.05) is 16.5 Å². The fourth-order valence-electron chi connectivity index (χ4n) is 4.21. The monoisotopic (exact) mass is 398 g/mol. The number of carbonyl (C=O) groups is 1. The van der Waals surface area contributed by atoms with Crippen molar-refractivity contribution in [2.24, 2.45) is 0 Å². The van der Waals surface area contributed by atoms with E-state index in [0.29, 0.717) is 18.8 Å². The second kappa shape index (κ2) is 7.05. The van der Waals surface area contributed by atoms with E-state index in [9.17, 15) is 4.79 Å². The molecule has 0 radical (unpaired) electrons. The van der Waals surface area contributed by atoms with E-state index in [1.165, 1.54) is 27.8 Å². The molecule has 25 heavy (non-hydrogen) atoms. The number of hydrogen-bond acceptors (Lipinski definition) is 2. The van der Waals surface area contributed by atoms with Crippen LogP contribution in [0, 0.1) is 0 Å². The second-order valence-electron chi connectivity index (χ2n) is 7.08. The van der Waals surface area contributed by atoms with E-state index >= 15 is 0 Å². The Hall–Kier alpha value is -1.45. The number of hydrogen-bond donors (Lipinski definition) is 0. The molecule has 130 valence electrons. The molecule has 0 fully saturated rings. The first-order valence-electron chi connectivity index (χ1n) is 9.26. The lowest BCUT2D eigenvalue weighted by Crippen LogP contribution is -2.16. The second-order valence-corrected chi connectivity index (χ2v) is 8.00. The summed E-state index contributed by atoms with van der Waals surface area (Å²) >= 11 is 3.57. The van der Waals surface area contributed by atoms with Crippen LogP contribution in [-0.4, -0.2) is 5.78 Å². The predicted molar refractivity (Wildman–Crippen MR) is 103 cm³/mol. The quantitative estimate of drug-likeness (QED) is 0.637. The van der Waals surface area contributed by atoms with Crippen molar-refractivity contribution in [1.82, 2.24) is 0 Å². The van der Waals surface area contributed by atoms with Gasteiger partial charge in [0.15, 0.2) is 5.78 Å². The molecule has 1 unspecified atom stereocenters. The van der Waals surface area contributed by atoms with Crippen LogP contribution in [0.4, 0.5) is 0 Å². The lowest BCUT2D eigenvalue weighted by molar-refractivity contribution is 0.0936. The summed E-state index contributed by atoms with van der Waals surface area (Å²) in [6, 6.07) is 10.6. The number of benzene rings is 2. The fourth-order valence-corrected chi connectivity index (χ4v) is 4.63. The minimum Gasteiger partial charge on any atom is -0.364 e. The largest absolute Gasteiger partial charge is 0.364 e. The molecule has 0 spiro atoms. The van der Waals surface area contributed by atoms with E-state index in [0.717, 1.165) is 42.1 Å². The van der Waals surface area contributed by atoms with Crippen LogP contribution in [0.3, 0.4) is 0 Å². The Labute approximate surface area is 157 Å². The number of ketones is 1. The standard InChI is InChI=1S/C22H23BrO2/c1-2-3-9-17-19-13-25-22(15-7-4-8-16(23)11-15)18(19)12-14-6-5-10-20(24)21(14)17/h4,7-8,11-12,22H,2-3,5-6,9-10,13H2,1H3. The van der Waals surface area contributed by atoms with Crippen molar-refractivity contribution in [3.8, 4) is 0 Å². The molecule has 2 aromatic carbocycles. The maximum Gasteiger partial charge on any atom is 0.163 e. The molecule has 0 saturated carbocycles. The van der Waals surface area contributed by atoms with E-state index in [-0.39, 0.29) is 6.10 Å². The minimum atomic E-state index is -0.0183. The molecule has 1 aliphatic heterocycles. The summed E-state index contributed by atoms with van der Waals surface area (Å²) in [6.07, 6.45) is 5.91. The maximum atomic E-state index is 12.6. The Kier molecular flexibility index (Phi) is 4.79. The van der Waals surface area contributed by atoms with Gasteiger partial charge in [0.05, 0.1) is 6.61 Å². The zero-order valence-electron chi connectivity index (χ0n) is 14.6. The first-order chi connectivity index (χ1) is 12.2. The van der Waals surface area contributed by atoms with E-state index in [2.05, 4.69) is 47.1 Å². The highest BCUT2D eigenvalue weighted by atomic mass is 79.9. The summed E-state index contributed by atoms with van der Waals surface area (Å²) in [6.45, 7) is 2.82. The molecule has 3 heteroatoms. The Balaban J connectivity index is 1.84. The van der Waals surface area contributed by atoms with Gasteiger partial charge in [-0.1, -0.05) is 47.5 Å². The maximum absolute atomic E-state index is 12.6. The molecule has 2 aromatic rings. The van der Waals surface area contributed by atoms with Crippen LogP contribution in [0.5, 0.6) is 0 Å². The molecule has 0 N–H and O–H groups in total. The first kappa shape index (κ1) is 17.0. The van der Waals surface area contributed by atoms with Gasteiger partial charge in [0.1, 0.15) is 6.10 Å². The molecule has 0 bridgehead atoms. The van der Waals surface area contributed by atoms with Crippen LogP contribution in [0.25, 0.3) is 0 Å². The van der Waals surface area contributed by atoms with Crippen molar-refractivity contribution in [1.29, 1.82) is 0 Å². The number of halogens is 1. The Morgan fingerprint density at radius 2 is 2.12 bits per heavy atom. The summed E-state index contributed by atoms with van der Waals surface area (Å²) < 4.78 is 7.28. The molecule has 1 atom stereocenters. The highest BCUT2D eigenvalue weighted by Crippen LogP contribution is 2.42. The van der Waals surface area contributed by atoms with Crippen LogP contribution < -0.4 is 0 Å². The molecule has 0 aromatic heterocycles. The van der Waals surface area contributed by atoms with E-state index in [1.54, 1.807) is 0 Å². The fraction of sp³-hybridized carbons (Fsp3) is 0.409. The summed E-state index contributed by atoms with van der Waals surface area (Å²) in [7, 11) is 0. The average Bonchev–Trinajstić information content (AvgIpc) is 3.03. The highest BCUT2D eigenvalue weighted by molar-refractivity contribution is 9.10. The predicted octanol–water partition coefficient (Wildman–Crippen LogP) is 5.93. The van der Waals surface area contributed by atoms with Crippen LogP contribution in [0.15, 0.2) is 34.8 Å². The van der Waals surface area contributed by atoms with Gasteiger partial charge in [0.25, 0.3) is 0 Å². The average molecular weight is 399 g/mol. The highest BCUT2D eigenvalue weighted by Gasteiger charge is 2.32. The van der Waals surface area contributed by atoms with E-state index in [1.807, 2.05) is 6.07 Å². The minimum absolute atomic E-state index is 0.0183. The Morgan fingerprint density at radius 3 is 2.92 bits per heavy atom. The van der Waals surface area contributed by atoms with Crippen molar-refractivity contribution in [2.45, 2.75) is 58.2 Å². The molecule has 1 aliphatic carbocycles. The van der Waals surface area contributed by atoms with Crippen LogP contribution in [0.2, 0.25) is 0 Å². The number of unbranched alkanes of at least 4 members (excludes halogenated alkanes) is 1. The van der Waals surface area contributed by atoms with Gasteiger partial charge in [-0.05, 0) is 65.6 Å². The molecule has 0 saturated heterocycles. The third-order valence-corrected chi connectivity index (χ3v) is 5.90. The lowest BCUT2D eigenvalue weighted by atomic mass is 9.80. The number of ether oxygens (including phenoxy) is 1. The SMILES string of the molecule is CCCCc1c2c(cc3c1C(=O)CCC3)C(c1cccc(Br)c1)OC2. The molecule has 2 aliphatic rings. The molecule has 0 amide bonds. The van der Waals surface area contributed by atoms with E-state index < -0.39 is 0 Å². The van der Waals surface area contributed by atoms with Crippen molar-refractivity contribution < 1.29 is 9.53 Å². The van der Waals surface area contributed by atoms with E-state index in [4.69, 9.17) is 4.74 Å². The summed E-state index contributed by atoms with van der Waals surface area (Å²) in [5.74, 6) is 0.334. The van der Waals surface area contributed by atoms with Gasteiger partial charge in [-0.25, -0.2) is 0 Å². The first-order valence-corrected chi connectivity index (χ1v) is 10.1. The van der Waals surface area contributed by atoms with Gasteiger partial charge in [-0.3, -0.25) is 4.79 Å². The number of fused-ring (bicyclic) bond motifs is 2. The van der Waals surface area contributed by atoms with Gasteiger partial charge in [-0.2, -0.15) is 0 Å². The zero-order chi connectivity index (χ0) is 17.4. The smallest absolute Gasteiger partial charge is 0.163 e. The normalized spacial score (nSPS) is 19.0. The molecular weight excluding hydrogens is 376 g/mol. The Bertz CT molecular complexity index is 825. The number of aryl methyl sites for hydroxylation is 1. The summed E-state index contributed by atoms with van der Waals surface area (Å²) in [5, 5.41) is 0. The van der Waals surface area contributed by atoms with Gasteiger partial charge in [-0.15, -0.1) is 0 Å². The van der Waals surface area contributed by atoms with Crippen LogP contribution in [0.1, 0.15) is 76.9 Å². The number of carbonyl (C=O) groups excluding carboxylic acids is 1. The van der Waals surface area contributed by atoms with Crippen molar-refractivity contribution in [2.75, 3.05) is 0 Å². The van der Waals surface area contributed by atoms with Crippen molar-refractivity contribution in [3.63, 3.8) is 0 Å². The van der Waals surface area contributed by atoms with Crippen molar-refractivity contribution >= 4 is 21.7 Å². The summed E-state index contributed by atoms with van der Waals surface area (Å²) in [5.41, 5.74) is 7.27. The third kappa shape index (κ3) is 3.09. The molecule has 1 heterocycles. The zero-order valence-corrected chi connectivity index (χ0v) is 16.2. The van der Waals surface area contributed by atoms with Crippen molar-refractivity contribution in [3.05, 3.63) is 68.2 Å². The third-order valence-electron chi connectivity index (χ3n) is 5.40. The lowest BCUT2D eigenvalue weighted by Gasteiger charge is -2.22. The van der Waals surface area contributed by atoms with Crippen LogP contribution >= 0.6 is 15.9 Å². The number of rotatable bonds is 4. The Morgan fingerprint density at radius 1 is 1.24 bits per heavy atom. The van der Waals surface area contributed by atoms with Gasteiger partial charge >= 0.3 is 0 Å². The number of Topliss-reactive ketones (excluding diaryl/α,β-unsaturated/α-hetero) is 1. The summed E-state index contributed by atoms with van der Waals surface area (Å²) in [4.78, 5) is 12.6.